The van der Waals surface area contributed by atoms with E-state index in [0.717, 1.165) is 27.9 Å². The van der Waals surface area contributed by atoms with Crippen LogP contribution in [0.25, 0.3) is 0 Å². The van der Waals surface area contributed by atoms with Crippen LogP contribution >= 0.6 is 0 Å². The largest absolute Gasteiger partial charge is 0.338 e. The van der Waals surface area contributed by atoms with Gasteiger partial charge in [-0.25, -0.2) is 0 Å². The second kappa shape index (κ2) is 8.47. The van der Waals surface area contributed by atoms with E-state index in [-0.39, 0.29) is 18.2 Å². The molecule has 0 aliphatic rings. The van der Waals surface area contributed by atoms with Crippen LogP contribution in [0, 0.1) is 20.8 Å². The minimum atomic E-state index is -0.0795. The number of anilines is 1. The summed E-state index contributed by atoms with van der Waals surface area (Å²) in [6.07, 6.45) is 0.277. The molecule has 0 fully saturated rings. The van der Waals surface area contributed by atoms with E-state index in [4.69, 9.17) is 0 Å². The van der Waals surface area contributed by atoms with E-state index in [1.807, 2.05) is 57.2 Å². The Kier molecular flexibility index (Phi) is 6.34. The Morgan fingerprint density at radius 2 is 1.72 bits per heavy atom. The highest BCUT2D eigenvalue weighted by molar-refractivity contribution is 5.92. The average Bonchev–Trinajstić information content (AvgIpc) is 2.54. The first-order valence-electron chi connectivity index (χ1n) is 8.53. The molecule has 0 radical (unpaired) electrons. The maximum absolute atomic E-state index is 12.3. The molecule has 0 saturated heterocycles. The molecule has 0 aliphatic heterocycles. The fourth-order valence-electron chi connectivity index (χ4n) is 2.70. The maximum Gasteiger partial charge on any atom is 0.226 e. The Morgan fingerprint density at radius 1 is 1.00 bits per heavy atom. The molecule has 0 unspecified atom stereocenters. The molecule has 4 heteroatoms. The van der Waals surface area contributed by atoms with Gasteiger partial charge in [0.2, 0.25) is 11.8 Å². The Balaban J connectivity index is 1.95. The molecule has 0 heterocycles. The van der Waals surface area contributed by atoms with Gasteiger partial charge < -0.3 is 10.2 Å². The second-order valence-electron chi connectivity index (χ2n) is 6.55. The highest BCUT2D eigenvalue weighted by Crippen LogP contribution is 2.16. The number of carbonyl (C=O) groups excluding carboxylic acids is 2. The van der Waals surface area contributed by atoms with E-state index < -0.39 is 0 Å². The highest BCUT2D eigenvalue weighted by Gasteiger charge is 2.13. The van der Waals surface area contributed by atoms with Gasteiger partial charge in [-0.2, -0.15) is 0 Å². The van der Waals surface area contributed by atoms with Crippen LogP contribution in [0.15, 0.2) is 42.5 Å². The molecule has 2 aromatic rings. The van der Waals surface area contributed by atoms with E-state index in [1.165, 1.54) is 0 Å². The molecule has 2 aromatic carbocycles. The van der Waals surface area contributed by atoms with Crippen molar-refractivity contribution in [2.75, 3.05) is 11.9 Å². The van der Waals surface area contributed by atoms with E-state index in [2.05, 4.69) is 11.4 Å². The van der Waals surface area contributed by atoms with Gasteiger partial charge in [0.05, 0.1) is 0 Å². The fraction of sp³-hybridized carbons (Fsp3) is 0.333. The Bertz CT molecular complexity index is 768. The molecule has 132 valence electrons. The molecule has 0 spiro atoms. The predicted molar refractivity (Wildman–Crippen MR) is 101 cm³/mol. The van der Waals surface area contributed by atoms with Gasteiger partial charge in [0, 0.05) is 32.1 Å². The highest BCUT2D eigenvalue weighted by atomic mass is 16.2. The standard InChI is InChI=1S/C21H26N2O2/c1-15-6-5-7-19(12-15)14-23(18(4)24)11-10-21(25)22-20-13-16(2)8-9-17(20)3/h5-9,12-13H,10-11,14H2,1-4H3,(H,22,25). The number of nitrogens with zero attached hydrogens (tertiary/aromatic N) is 1. The van der Waals surface area contributed by atoms with Gasteiger partial charge in [0.1, 0.15) is 0 Å². The number of benzene rings is 2. The number of nitrogens with one attached hydrogen (secondary N) is 1. The number of hydrogen-bond donors (Lipinski definition) is 1. The summed E-state index contributed by atoms with van der Waals surface area (Å²) in [5.74, 6) is -0.106. The predicted octanol–water partition coefficient (Wildman–Crippen LogP) is 3.99. The van der Waals surface area contributed by atoms with Crippen LogP contribution in [-0.4, -0.2) is 23.3 Å². The van der Waals surface area contributed by atoms with Crippen LogP contribution < -0.4 is 5.32 Å². The summed E-state index contributed by atoms with van der Waals surface area (Å²) in [5.41, 5.74) is 5.20. The first kappa shape index (κ1) is 18.7. The topological polar surface area (TPSA) is 49.4 Å². The zero-order valence-electron chi connectivity index (χ0n) is 15.4. The minimum Gasteiger partial charge on any atom is -0.338 e. The summed E-state index contributed by atoms with van der Waals surface area (Å²) in [4.78, 5) is 25.9. The average molecular weight is 338 g/mol. The summed E-state index contributed by atoms with van der Waals surface area (Å²) >= 11 is 0. The molecule has 1 N–H and O–H groups in total. The molecule has 25 heavy (non-hydrogen) atoms. The molecular formula is C21H26N2O2. The summed E-state index contributed by atoms with van der Waals surface area (Å²) in [6.45, 7) is 8.45. The maximum atomic E-state index is 12.3. The molecule has 0 atom stereocenters. The molecule has 0 bridgehead atoms. The number of aryl methyl sites for hydroxylation is 3. The summed E-state index contributed by atoms with van der Waals surface area (Å²) < 4.78 is 0. The van der Waals surface area contributed by atoms with Gasteiger partial charge >= 0.3 is 0 Å². The normalized spacial score (nSPS) is 10.4. The van der Waals surface area contributed by atoms with Gasteiger partial charge in [0.25, 0.3) is 0 Å². The third kappa shape index (κ3) is 5.75. The SMILES string of the molecule is CC(=O)N(CCC(=O)Nc1cc(C)ccc1C)Cc1cccc(C)c1. The van der Waals surface area contributed by atoms with Gasteiger partial charge in [-0.05, 0) is 43.5 Å². The van der Waals surface area contributed by atoms with Crippen molar-refractivity contribution in [3.63, 3.8) is 0 Å². The summed E-state index contributed by atoms with van der Waals surface area (Å²) in [7, 11) is 0. The molecule has 0 aliphatic carbocycles. The Labute approximate surface area is 149 Å². The van der Waals surface area contributed by atoms with Crippen LogP contribution in [0.3, 0.4) is 0 Å². The van der Waals surface area contributed by atoms with Crippen molar-refractivity contribution in [2.45, 2.75) is 40.7 Å². The van der Waals surface area contributed by atoms with E-state index >= 15 is 0 Å². The lowest BCUT2D eigenvalue weighted by atomic mass is 10.1. The van der Waals surface area contributed by atoms with Crippen molar-refractivity contribution in [3.05, 3.63) is 64.7 Å². The second-order valence-corrected chi connectivity index (χ2v) is 6.55. The van der Waals surface area contributed by atoms with Crippen molar-refractivity contribution in [3.8, 4) is 0 Å². The van der Waals surface area contributed by atoms with Crippen LogP contribution in [0.4, 0.5) is 5.69 Å². The van der Waals surface area contributed by atoms with Crippen molar-refractivity contribution >= 4 is 17.5 Å². The Hall–Kier alpha value is -2.62. The first-order valence-corrected chi connectivity index (χ1v) is 8.53. The molecular weight excluding hydrogens is 312 g/mol. The minimum absolute atomic E-state index is 0.0268. The van der Waals surface area contributed by atoms with Crippen LogP contribution in [0.5, 0.6) is 0 Å². The molecule has 0 aromatic heterocycles. The van der Waals surface area contributed by atoms with E-state index in [1.54, 1.807) is 11.8 Å². The fourth-order valence-corrected chi connectivity index (χ4v) is 2.70. The number of carbonyl (C=O) groups is 2. The number of rotatable bonds is 6. The van der Waals surface area contributed by atoms with Gasteiger partial charge in [0.15, 0.2) is 0 Å². The summed E-state index contributed by atoms with van der Waals surface area (Å²) in [6, 6.07) is 14.0. The third-order valence-corrected chi connectivity index (χ3v) is 4.18. The van der Waals surface area contributed by atoms with Crippen molar-refractivity contribution in [2.24, 2.45) is 0 Å². The molecule has 4 nitrogen and oxygen atoms in total. The third-order valence-electron chi connectivity index (χ3n) is 4.18. The lowest BCUT2D eigenvalue weighted by Gasteiger charge is -2.21. The van der Waals surface area contributed by atoms with Gasteiger partial charge in [-0.15, -0.1) is 0 Å². The molecule has 0 saturated carbocycles. The summed E-state index contributed by atoms with van der Waals surface area (Å²) in [5, 5.41) is 2.94. The molecule has 2 amide bonds. The lowest BCUT2D eigenvalue weighted by Crippen LogP contribution is -2.31. The van der Waals surface area contributed by atoms with Crippen molar-refractivity contribution < 1.29 is 9.59 Å². The van der Waals surface area contributed by atoms with E-state index in [0.29, 0.717) is 13.1 Å². The lowest BCUT2D eigenvalue weighted by molar-refractivity contribution is -0.129. The Morgan fingerprint density at radius 3 is 2.40 bits per heavy atom. The van der Waals surface area contributed by atoms with Crippen molar-refractivity contribution in [1.29, 1.82) is 0 Å². The van der Waals surface area contributed by atoms with Gasteiger partial charge in [-0.3, -0.25) is 9.59 Å². The quantitative estimate of drug-likeness (QED) is 0.866. The molecule has 2 rings (SSSR count). The van der Waals surface area contributed by atoms with Crippen molar-refractivity contribution in [1.82, 2.24) is 4.90 Å². The zero-order chi connectivity index (χ0) is 18.4. The number of amides is 2. The van der Waals surface area contributed by atoms with Crippen LogP contribution in [-0.2, 0) is 16.1 Å². The number of hydrogen-bond acceptors (Lipinski definition) is 2. The first-order chi connectivity index (χ1) is 11.8. The smallest absolute Gasteiger partial charge is 0.226 e. The van der Waals surface area contributed by atoms with Gasteiger partial charge in [-0.1, -0.05) is 42.0 Å². The van der Waals surface area contributed by atoms with Crippen LogP contribution in [0.1, 0.15) is 35.6 Å². The van der Waals surface area contributed by atoms with E-state index in [9.17, 15) is 9.59 Å². The zero-order valence-corrected chi connectivity index (χ0v) is 15.4. The van der Waals surface area contributed by atoms with Crippen LogP contribution in [0.2, 0.25) is 0 Å². The monoisotopic (exact) mass is 338 g/mol.